The molecule has 0 radical (unpaired) electrons. The molecule has 2 nitrogen and oxygen atoms in total. The lowest BCUT2D eigenvalue weighted by molar-refractivity contribution is 0.0290. The summed E-state index contributed by atoms with van der Waals surface area (Å²) in [4.78, 5) is 2.30. The Bertz CT molecular complexity index is 437. The molecule has 0 heterocycles. The Kier molecular flexibility index (Phi) is 5.48. The Morgan fingerprint density at radius 1 is 1.40 bits per heavy atom. The zero-order valence-corrected chi connectivity index (χ0v) is 13.4. The van der Waals surface area contributed by atoms with Gasteiger partial charge in [0.2, 0.25) is 0 Å². The molecule has 0 amide bonds. The average Bonchev–Trinajstić information content (AvgIpc) is 2.41. The maximum absolute atomic E-state index is 9.88. The van der Waals surface area contributed by atoms with Crippen molar-refractivity contribution >= 4 is 11.6 Å². The molecule has 2 atom stereocenters. The summed E-state index contributed by atoms with van der Waals surface area (Å²) in [5.74, 6) is 0.726. The minimum Gasteiger partial charge on any atom is -0.396 e. The fourth-order valence-corrected chi connectivity index (χ4v) is 3.85. The van der Waals surface area contributed by atoms with Crippen LogP contribution >= 0.6 is 11.6 Å². The molecule has 0 spiro atoms. The normalized spacial score (nSPS) is 26.9. The van der Waals surface area contributed by atoms with E-state index >= 15 is 0 Å². The van der Waals surface area contributed by atoms with E-state index in [1.54, 1.807) is 0 Å². The molecular formula is C17H26ClNO. The summed E-state index contributed by atoms with van der Waals surface area (Å²) < 4.78 is 0. The van der Waals surface area contributed by atoms with E-state index in [1.165, 1.54) is 12.8 Å². The monoisotopic (exact) mass is 295 g/mol. The van der Waals surface area contributed by atoms with Gasteiger partial charge in [-0.25, -0.2) is 0 Å². The third-order valence-corrected chi connectivity index (χ3v) is 4.89. The number of hydrogen-bond donors (Lipinski definition) is 1. The molecule has 3 heteroatoms. The van der Waals surface area contributed by atoms with Gasteiger partial charge in [0.15, 0.2) is 0 Å². The SMILES string of the molecule is CC1CCCC(CO)(CN(C)Cc2ccccc2Cl)C1. The van der Waals surface area contributed by atoms with Gasteiger partial charge in [0, 0.05) is 30.1 Å². The van der Waals surface area contributed by atoms with Crippen molar-refractivity contribution in [3.05, 3.63) is 34.9 Å². The second-order valence-corrected chi connectivity index (χ2v) is 7.03. The molecule has 1 fully saturated rings. The topological polar surface area (TPSA) is 23.5 Å². The molecule has 1 aliphatic carbocycles. The Balaban J connectivity index is 1.99. The third-order valence-electron chi connectivity index (χ3n) is 4.52. The van der Waals surface area contributed by atoms with Gasteiger partial charge in [0.05, 0.1) is 0 Å². The molecule has 1 aromatic carbocycles. The molecule has 2 rings (SSSR count). The first-order valence-corrected chi connectivity index (χ1v) is 7.95. The molecule has 1 N–H and O–H groups in total. The number of nitrogens with zero attached hydrogens (tertiary/aromatic N) is 1. The van der Waals surface area contributed by atoms with Crippen molar-refractivity contribution in [1.29, 1.82) is 0 Å². The van der Waals surface area contributed by atoms with Gasteiger partial charge in [0.25, 0.3) is 0 Å². The second-order valence-electron chi connectivity index (χ2n) is 6.62. The lowest BCUT2D eigenvalue weighted by atomic mass is 9.70. The lowest BCUT2D eigenvalue weighted by Crippen LogP contribution is -2.41. The summed E-state index contributed by atoms with van der Waals surface area (Å²) in [7, 11) is 2.13. The number of halogens is 1. The van der Waals surface area contributed by atoms with Crippen LogP contribution in [0.2, 0.25) is 5.02 Å². The second kappa shape index (κ2) is 6.93. The third kappa shape index (κ3) is 3.97. The van der Waals surface area contributed by atoms with Crippen LogP contribution in [0.3, 0.4) is 0 Å². The molecule has 1 aliphatic rings. The van der Waals surface area contributed by atoms with Gasteiger partial charge in [-0.05, 0) is 37.4 Å². The summed E-state index contributed by atoms with van der Waals surface area (Å²) in [5.41, 5.74) is 1.24. The first-order valence-electron chi connectivity index (χ1n) is 7.57. The van der Waals surface area contributed by atoms with E-state index in [-0.39, 0.29) is 5.41 Å². The fourth-order valence-electron chi connectivity index (χ4n) is 3.65. The maximum atomic E-state index is 9.88. The van der Waals surface area contributed by atoms with Crippen LogP contribution in [-0.4, -0.2) is 30.2 Å². The fraction of sp³-hybridized carbons (Fsp3) is 0.647. The van der Waals surface area contributed by atoms with Crippen LogP contribution in [0.15, 0.2) is 24.3 Å². The summed E-state index contributed by atoms with van der Waals surface area (Å²) >= 11 is 6.23. The van der Waals surface area contributed by atoms with Crippen molar-refractivity contribution < 1.29 is 5.11 Å². The Morgan fingerprint density at radius 2 is 2.15 bits per heavy atom. The van der Waals surface area contributed by atoms with E-state index < -0.39 is 0 Å². The van der Waals surface area contributed by atoms with Crippen molar-refractivity contribution in [1.82, 2.24) is 4.90 Å². The molecule has 20 heavy (non-hydrogen) atoms. The first kappa shape index (κ1) is 15.8. The van der Waals surface area contributed by atoms with Crippen LogP contribution < -0.4 is 0 Å². The van der Waals surface area contributed by atoms with Gasteiger partial charge < -0.3 is 10.0 Å². The summed E-state index contributed by atoms with van der Waals surface area (Å²) in [6, 6.07) is 8.01. The van der Waals surface area contributed by atoms with E-state index in [4.69, 9.17) is 11.6 Å². The quantitative estimate of drug-likeness (QED) is 0.889. The van der Waals surface area contributed by atoms with Crippen molar-refractivity contribution in [3.8, 4) is 0 Å². The number of rotatable bonds is 5. The number of aliphatic hydroxyl groups is 1. The Morgan fingerprint density at radius 3 is 2.80 bits per heavy atom. The van der Waals surface area contributed by atoms with Gasteiger partial charge in [0.1, 0.15) is 0 Å². The van der Waals surface area contributed by atoms with Gasteiger partial charge >= 0.3 is 0 Å². The Hall–Kier alpha value is -0.570. The van der Waals surface area contributed by atoms with Gasteiger partial charge in [-0.3, -0.25) is 0 Å². The number of benzene rings is 1. The molecule has 112 valence electrons. The van der Waals surface area contributed by atoms with Crippen LogP contribution in [0, 0.1) is 11.3 Å². The zero-order chi connectivity index (χ0) is 14.6. The largest absolute Gasteiger partial charge is 0.396 e. The smallest absolute Gasteiger partial charge is 0.0499 e. The molecule has 0 aliphatic heterocycles. The van der Waals surface area contributed by atoms with Crippen LogP contribution in [0.25, 0.3) is 0 Å². The molecule has 0 saturated heterocycles. The molecular weight excluding hydrogens is 270 g/mol. The average molecular weight is 296 g/mol. The molecule has 1 aromatic rings. The zero-order valence-electron chi connectivity index (χ0n) is 12.6. The van der Waals surface area contributed by atoms with Crippen molar-refractivity contribution in [2.45, 2.75) is 39.2 Å². The molecule has 0 bridgehead atoms. The minimum atomic E-state index is 0.0771. The highest BCUT2D eigenvalue weighted by atomic mass is 35.5. The van der Waals surface area contributed by atoms with Crippen LogP contribution in [0.4, 0.5) is 0 Å². The highest BCUT2D eigenvalue weighted by molar-refractivity contribution is 6.31. The van der Waals surface area contributed by atoms with Crippen molar-refractivity contribution in [3.63, 3.8) is 0 Å². The minimum absolute atomic E-state index is 0.0771. The van der Waals surface area contributed by atoms with Crippen LogP contribution in [0.1, 0.15) is 38.2 Å². The van der Waals surface area contributed by atoms with Gasteiger partial charge in [-0.2, -0.15) is 0 Å². The first-order chi connectivity index (χ1) is 9.54. The van der Waals surface area contributed by atoms with E-state index in [1.807, 2.05) is 18.2 Å². The Labute approximate surface area is 127 Å². The van der Waals surface area contributed by atoms with Gasteiger partial charge in [-0.15, -0.1) is 0 Å². The lowest BCUT2D eigenvalue weighted by Gasteiger charge is -2.41. The highest BCUT2D eigenvalue weighted by Crippen LogP contribution is 2.39. The van der Waals surface area contributed by atoms with E-state index in [2.05, 4.69) is 24.9 Å². The van der Waals surface area contributed by atoms with E-state index in [0.717, 1.165) is 42.4 Å². The summed E-state index contributed by atoms with van der Waals surface area (Å²) in [6.07, 6.45) is 4.81. The standard InChI is InChI=1S/C17H26ClNO/c1-14-6-5-9-17(10-14,13-20)12-19(2)11-15-7-3-4-8-16(15)18/h3-4,7-8,14,20H,5-6,9-13H2,1-2H3. The van der Waals surface area contributed by atoms with E-state index in [9.17, 15) is 5.11 Å². The summed E-state index contributed by atoms with van der Waals surface area (Å²) in [5, 5.41) is 10.7. The van der Waals surface area contributed by atoms with Gasteiger partial charge in [-0.1, -0.05) is 49.6 Å². The van der Waals surface area contributed by atoms with Crippen molar-refractivity contribution in [2.24, 2.45) is 11.3 Å². The highest BCUT2D eigenvalue weighted by Gasteiger charge is 2.35. The molecule has 0 aromatic heterocycles. The molecule has 1 saturated carbocycles. The van der Waals surface area contributed by atoms with Crippen molar-refractivity contribution in [2.75, 3.05) is 20.2 Å². The summed E-state index contributed by atoms with van der Waals surface area (Å²) in [6.45, 7) is 4.39. The number of hydrogen-bond acceptors (Lipinski definition) is 2. The number of aliphatic hydroxyl groups excluding tert-OH is 1. The predicted octanol–water partition coefficient (Wildman–Crippen LogP) is 3.96. The molecule has 2 unspecified atom stereocenters. The van der Waals surface area contributed by atoms with E-state index in [0.29, 0.717) is 6.61 Å². The van der Waals surface area contributed by atoms with Crippen LogP contribution in [0.5, 0.6) is 0 Å². The van der Waals surface area contributed by atoms with Crippen LogP contribution in [-0.2, 0) is 6.54 Å². The predicted molar refractivity (Wildman–Crippen MR) is 84.9 cm³/mol. The maximum Gasteiger partial charge on any atom is 0.0499 e.